The Kier molecular flexibility index (Phi) is 25.6. The summed E-state index contributed by atoms with van der Waals surface area (Å²) in [6.45, 7) is 4.45. The van der Waals surface area contributed by atoms with Crippen LogP contribution in [0.1, 0.15) is 116 Å². The Hall–Kier alpha value is -1.67. The van der Waals surface area contributed by atoms with Crippen LogP contribution in [0.4, 0.5) is 0 Å². The lowest BCUT2D eigenvalue weighted by Crippen LogP contribution is -2.29. The first-order valence-corrected chi connectivity index (χ1v) is 14.0. The van der Waals surface area contributed by atoms with E-state index in [9.17, 15) is 14.4 Å². The van der Waals surface area contributed by atoms with Crippen molar-refractivity contribution in [3.63, 3.8) is 0 Å². The number of nitrogens with one attached hydrogen (secondary N) is 2. The molecule has 0 fully saturated rings. The third-order valence-corrected chi connectivity index (χ3v) is 5.79. The highest BCUT2D eigenvalue weighted by atomic mass is 16.5. The average Bonchev–Trinajstić information content (AvgIpc) is 2.83. The zero-order valence-electron chi connectivity index (χ0n) is 22.3. The highest BCUT2D eigenvalue weighted by Gasteiger charge is 2.02. The van der Waals surface area contributed by atoms with Crippen molar-refractivity contribution in [2.75, 3.05) is 39.5 Å². The topological polar surface area (TPSA) is 114 Å². The SMILES string of the molecule is CCCNC(=O)COCCOCCNC(=O)CCCCCCCCCCCCCCCCC(=O)O. The van der Waals surface area contributed by atoms with E-state index in [0.29, 0.717) is 45.8 Å². The van der Waals surface area contributed by atoms with E-state index in [1.54, 1.807) is 0 Å². The molecule has 8 heteroatoms. The second-order valence-electron chi connectivity index (χ2n) is 9.21. The van der Waals surface area contributed by atoms with Gasteiger partial charge in [-0.3, -0.25) is 14.4 Å². The lowest BCUT2D eigenvalue weighted by molar-refractivity contribution is -0.137. The van der Waals surface area contributed by atoms with E-state index < -0.39 is 5.97 Å². The fourth-order valence-corrected chi connectivity index (χ4v) is 3.73. The molecular formula is C27H52N2O6. The number of hydrogen-bond donors (Lipinski definition) is 3. The summed E-state index contributed by atoms with van der Waals surface area (Å²) in [6.07, 6.45) is 18.3. The molecule has 0 aliphatic heterocycles. The van der Waals surface area contributed by atoms with Gasteiger partial charge in [-0.2, -0.15) is 0 Å². The summed E-state index contributed by atoms with van der Waals surface area (Å²) >= 11 is 0. The summed E-state index contributed by atoms with van der Waals surface area (Å²) in [5, 5.41) is 14.2. The van der Waals surface area contributed by atoms with E-state index >= 15 is 0 Å². The Labute approximate surface area is 213 Å². The molecule has 0 atom stereocenters. The molecule has 206 valence electrons. The Bertz CT molecular complexity index is 516. The van der Waals surface area contributed by atoms with Gasteiger partial charge in [0.15, 0.2) is 0 Å². The Morgan fingerprint density at radius 3 is 1.54 bits per heavy atom. The van der Waals surface area contributed by atoms with E-state index in [1.807, 2.05) is 6.92 Å². The summed E-state index contributed by atoms with van der Waals surface area (Å²) in [5.41, 5.74) is 0. The Morgan fingerprint density at radius 2 is 1.03 bits per heavy atom. The molecule has 0 unspecified atom stereocenters. The van der Waals surface area contributed by atoms with Gasteiger partial charge in [0.1, 0.15) is 6.61 Å². The smallest absolute Gasteiger partial charge is 0.303 e. The van der Waals surface area contributed by atoms with Crippen LogP contribution in [0.2, 0.25) is 0 Å². The van der Waals surface area contributed by atoms with E-state index in [2.05, 4.69) is 10.6 Å². The molecule has 3 N–H and O–H groups in total. The molecule has 0 radical (unpaired) electrons. The number of hydrogen-bond acceptors (Lipinski definition) is 5. The number of carboxylic acids is 1. The second-order valence-corrected chi connectivity index (χ2v) is 9.21. The maximum Gasteiger partial charge on any atom is 0.303 e. The van der Waals surface area contributed by atoms with Gasteiger partial charge in [-0.05, 0) is 19.3 Å². The summed E-state index contributed by atoms with van der Waals surface area (Å²) in [6, 6.07) is 0. The molecule has 0 aromatic heterocycles. The molecular weight excluding hydrogens is 448 g/mol. The molecule has 0 saturated heterocycles. The molecule has 0 aromatic carbocycles. The van der Waals surface area contributed by atoms with Crippen molar-refractivity contribution in [1.29, 1.82) is 0 Å². The van der Waals surface area contributed by atoms with Crippen molar-refractivity contribution in [1.82, 2.24) is 10.6 Å². The Balaban J connectivity index is 3.21. The van der Waals surface area contributed by atoms with Gasteiger partial charge in [-0.25, -0.2) is 0 Å². The molecule has 35 heavy (non-hydrogen) atoms. The molecule has 0 bridgehead atoms. The van der Waals surface area contributed by atoms with Gasteiger partial charge < -0.3 is 25.2 Å². The number of ether oxygens (including phenoxy) is 2. The van der Waals surface area contributed by atoms with Crippen LogP contribution in [-0.2, 0) is 23.9 Å². The van der Waals surface area contributed by atoms with Crippen molar-refractivity contribution < 1.29 is 29.0 Å². The van der Waals surface area contributed by atoms with Crippen LogP contribution in [0.25, 0.3) is 0 Å². The van der Waals surface area contributed by atoms with Gasteiger partial charge in [-0.1, -0.05) is 84.0 Å². The molecule has 0 saturated carbocycles. The number of carboxylic acid groups (broad SMARTS) is 1. The Morgan fingerprint density at radius 1 is 0.571 bits per heavy atom. The van der Waals surface area contributed by atoms with Crippen LogP contribution in [0.5, 0.6) is 0 Å². The maximum absolute atomic E-state index is 11.8. The predicted molar refractivity (Wildman–Crippen MR) is 139 cm³/mol. The maximum atomic E-state index is 11.8. The monoisotopic (exact) mass is 500 g/mol. The summed E-state index contributed by atoms with van der Waals surface area (Å²) in [4.78, 5) is 33.6. The number of unbranched alkanes of at least 4 members (excludes halogenated alkanes) is 13. The molecule has 0 aliphatic carbocycles. The summed E-state index contributed by atoms with van der Waals surface area (Å²) in [7, 11) is 0. The number of carbonyl (C=O) groups is 3. The lowest BCUT2D eigenvalue weighted by Gasteiger charge is -2.08. The molecule has 0 aliphatic rings. The van der Waals surface area contributed by atoms with Crippen LogP contribution in [0.3, 0.4) is 0 Å². The van der Waals surface area contributed by atoms with E-state index in [1.165, 1.54) is 57.8 Å². The van der Waals surface area contributed by atoms with E-state index in [-0.39, 0.29) is 18.4 Å². The minimum atomic E-state index is -0.682. The van der Waals surface area contributed by atoms with E-state index in [0.717, 1.165) is 38.5 Å². The highest BCUT2D eigenvalue weighted by Crippen LogP contribution is 2.13. The van der Waals surface area contributed by atoms with Crippen LogP contribution in [0.15, 0.2) is 0 Å². The van der Waals surface area contributed by atoms with Gasteiger partial charge in [0.05, 0.1) is 19.8 Å². The second kappa shape index (κ2) is 26.9. The normalized spacial score (nSPS) is 10.9. The minimum absolute atomic E-state index is 0.0556. The molecule has 2 amide bonds. The fraction of sp³-hybridized carbons (Fsp3) is 0.889. The minimum Gasteiger partial charge on any atom is -0.481 e. The average molecular weight is 501 g/mol. The van der Waals surface area contributed by atoms with Crippen molar-refractivity contribution >= 4 is 17.8 Å². The molecule has 0 spiro atoms. The van der Waals surface area contributed by atoms with Crippen LogP contribution in [0, 0.1) is 0 Å². The standard InChI is InChI=1S/C27H52N2O6/c1-2-19-28-26(31)24-35-23-22-34-21-20-29-25(30)17-15-13-11-9-7-5-3-4-6-8-10-12-14-16-18-27(32)33/h2-24H2,1H3,(H,28,31)(H,29,30)(H,32,33). The third-order valence-electron chi connectivity index (χ3n) is 5.79. The van der Waals surface area contributed by atoms with Gasteiger partial charge in [0.2, 0.25) is 11.8 Å². The van der Waals surface area contributed by atoms with Gasteiger partial charge in [0.25, 0.3) is 0 Å². The molecule has 0 aromatic rings. The molecule has 8 nitrogen and oxygen atoms in total. The number of amides is 2. The zero-order chi connectivity index (χ0) is 25.8. The summed E-state index contributed by atoms with van der Waals surface area (Å²) in [5.74, 6) is -0.706. The fourth-order valence-electron chi connectivity index (χ4n) is 3.73. The van der Waals surface area contributed by atoms with Crippen LogP contribution >= 0.6 is 0 Å². The zero-order valence-corrected chi connectivity index (χ0v) is 22.3. The van der Waals surface area contributed by atoms with Gasteiger partial charge in [-0.15, -0.1) is 0 Å². The number of carbonyl (C=O) groups excluding carboxylic acids is 2. The van der Waals surface area contributed by atoms with E-state index in [4.69, 9.17) is 14.6 Å². The largest absolute Gasteiger partial charge is 0.481 e. The van der Waals surface area contributed by atoms with Crippen LogP contribution in [-0.4, -0.2) is 62.4 Å². The van der Waals surface area contributed by atoms with Crippen molar-refractivity contribution in [3.05, 3.63) is 0 Å². The lowest BCUT2D eigenvalue weighted by atomic mass is 10.0. The van der Waals surface area contributed by atoms with Gasteiger partial charge >= 0.3 is 5.97 Å². The first-order chi connectivity index (χ1) is 17.1. The third kappa shape index (κ3) is 28.5. The molecule has 0 heterocycles. The predicted octanol–water partition coefficient (Wildman–Crippen LogP) is 4.99. The quantitative estimate of drug-likeness (QED) is 0.137. The van der Waals surface area contributed by atoms with Crippen molar-refractivity contribution in [3.8, 4) is 0 Å². The summed E-state index contributed by atoms with van der Waals surface area (Å²) < 4.78 is 10.6. The highest BCUT2D eigenvalue weighted by molar-refractivity contribution is 5.77. The number of rotatable bonds is 27. The van der Waals surface area contributed by atoms with Gasteiger partial charge in [0, 0.05) is 25.9 Å². The van der Waals surface area contributed by atoms with Crippen molar-refractivity contribution in [2.45, 2.75) is 116 Å². The first-order valence-electron chi connectivity index (χ1n) is 14.0. The molecule has 0 rings (SSSR count). The van der Waals surface area contributed by atoms with Crippen molar-refractivity contribution in [2.24, 2.45) is 0 Å². The first kappa shape index (κ1) is 33.3. The number of aliphatic carboxylic acids is 1. The van der Waals surface area contributed by atoms with Crippen LogP contribution < -0.4 is 10.6 Å².